The van der Waals surface area contributed by atoms with Gasteiger partial charge in [0.15, 0.2) is 0 Å². The van der Waals surface area contributed by atoms with Crippen molar-refractivity contribution in [3.63, 3.8) is 0 Å². The Kier molecular flexibility index (Phi) is 5.50. The number of hydrogen-bond donors (Lipinski definition) is 1. The number of nitrogens with one attached hydrogen (secondary N) is 1. The molecule has 2 heterocycles. The molecule has 0 atom stereocenters. The summed E-state index contributed by atoms with van der Waals surface area (Å²) < 4.78 is 4.81. The number of esters is 1. The lowest BCUT2D eigenvalue weighted by atomic mass is 10.00. The molecule has 0 bridgehead atoms. The molecule has 1 N–H and O–H groups in total. The van der Waals surface area contributed by atoms with E-state index >= 15 is 0 Å². The average Bonchev–Trinajstić information content (AvgIpc) is 3.03. The minimum Gasteiger partial charge on any atom is -0.465 e. The predicted octanol–water partition coefficient (Wildman–Crippen LogP) is 3.09. The topological polar surface area (TPSA) is 58.6 Å². The van der Waals surface area contributed by atoms with Crippen LogP contribution in [-0.4, -0.2) is 37.0 Å². The number of fused-ring (bicyclic) bond motifs is 1. The van der Waals surface area contributed by atoms with E-state index in [1.807, 2.05) is 13.0 Å². The first-order valence-electron chi connectivity index (χ1n) is 8.40. The third-order valence-electron chi connectivity index (χ3n) is 4.37. The quantitative estimate of drug-likeness (QED) is 0.835. The van der Waals surface area contributed by atoms with Gasteiger partial charge in [-0.1, -0.05) is 31.2 Å². The zero-order chi connectivity index (χ0) is 17.8. The molecule has 0 aliphatic carbocycles. The Morgan fingerprint density at radius 3 is 2.76 bits per heavy atom. The molecule has 25 heavy (non-hydrogen) atoms. The summed E-state index contributed by atoms with van der Waals surface area (Å²) >= 11 is 1.43. The van der Waals surface area contributed by atoms with Crippen LogP contribution >= 0.6 is 11.3 Å². The van der Waals surface area contributed by atoms with Gasteiger partial charge in [0, 0.05) is 18.0 Å². The minimum atomic E-state index is -0.418. The fourth-order valence-electron chi connectivity index (χ4n) is 3.03. The van der Waals surface area contributed by atoms with E-state index in [9.17, 15) is 9.59 Å². The molecule has 0 radical (unpaired) electrons. The highest BCUT2D eigenvalue weighted by Crippen LogP contribution is 2.29. The van der Waals surface area contributed by atoms with Gasteiger partial charge in [-0.3, -0.25) is 9.69 Å². The Balaban J connectivity index is 1.65. The zero-order valence-corrected chi connectivity index (χ0v) is 15.3. The lowest BCUT2D eigenvalue weighted by Crippen LogP contribution is -2.37. The van der Waals surface area contributed by atoms with E-state index < -0.39 is 5.97 Å². The molecule has 1 aliphatic rings. The van der Waals surface area contributed by atoms with Gasteiger partial charge in [0.2, 0.25) is 5.91 Å². The first kappa shape index (κ1) is 17.6. The van der Waals surface area contributed by atoms with E-state index in [1.54, 1.807) is 6.07 Å². The van der Waals surface area contributed by atoms with Crippen molar-refractivity contribution < 1.29 is 14.3 Å². The summed E-state index contributed by atoms with van der Waals surface area (Å²) in [5.41, 5.74) is 3.07. The number of ether oxygens (including phenoxy) is 1. The van der Waals surface area contributed by atoms with Crippen LogP contribution in [0.4, 0.5) is 5.00 Å². The van der Waals surface area contributed by atoms with Gasteiger partial charge in [-0.15, -0.1) is 11.3 Å². The maximum atomic E-state index is 12.5. The summed E-state index contributed by atoms with van der Waals surface area (Å²) in [6.07, 6.45) is 1.77. The van der Waals surface area contributed by atoms with Crippen LogP contribution in [0.15, 0.2) is 30.3 Å². The average molecular weight is 358 g/mol. The summed E-state index contributed by atoms with van der Waals surface area (Å²) in [4.78, 5) is 27.5. The maximum Gasteiger partial charge on any atom is 0.340 e. The molecular weight excluding hydrogens is 336 g/mol. The number of carbonyl (C=O) groups is 2. The fourth-order valence-corrected chi connectivity index (χ4v) is 4.03. The van der Waals surface area contributed by atoms with Crippen LogP contribution in [0.3, 0.4) is 0 Å². The number of aryl methyl sites for hydroxylation is 1. The normalized spacial score (nSPS) is 14.0. The van der Waals surface area contributed by atoms with Crippen molar-refractivity contribution >= 4 is 28.2 Å². The lowest BCUT2D eigenvalue weighted by molar-refractivity contribution is -0.117. The highest BCUT2D eigenvalue weighted by atomic mass is 32.1. The molecule has 0 fully saturated rings. The van der Waals surface area contributed by atoms with Crippen LogP contribution in [-0.2, 0) is 28.9 Å². The van der Waals surface area contributed by atoms with Gasteiger partial charge in [0.1, 0.15) is 5.00 Å². The smallest absolute Gasteiger partial charge is 0.340 e. The van der Waals surface area contributed by atoms with Gasteiger partial charge >= 0.3 is 5.97 Å². The van der Waals surface area contributed by atoms with Crippen molar-refractivity contribution in [1.82, 2.24) is 4.90 Å². The summed E-state index contributed by atoms with van der Waals surface area (Å²) in [6.45, 7) is 3.97. The molecule has 1 amide bonds. The Morgan fingerprint density at radius 2 is 2.04 bits per heavy atom. The minimum absolute atomic E-state index is 0.103. The third-order valence-corrected chi connectivity index (χ3v) is 5.56. The van der Waals surface area contributed by atoms with Gasteiger partial charge < -0.3 is 10.1 Å². The number of hydrogen-bond acceptors (Lipinski definition) is 5. The number of carbonyl (C=O) groups excluding carboxylic acids is 2. The number of benzene rings is 1. The molecule has 6 heteroatoms. The maximum absolute atomic E-state index is 12.5. The molecule has 1 aliphatic heterocycles. The summed E-state index contributed by atoms with van der Waals surface area (Å²) in [5, 5.41) is 3.46. The number of anilines is 1. The van der Waals surface area contributed by atoms with E-state index in [0.29, 0.717) is 17.1 Å². The Bertz CT molecular complexity index is 785. The van der Waals surface area contributed by atoms with E-state index in [-0.39, 0.29) is 5.91 Å². The molecule has 132 valence electrons. The van der Waals surface area contributed by atoms with Crippen LogP contribution < -0.4 is 5.32 Å². The van der Waals surface area contributed by atoms with Gasteiger partial charge in [0.05, 0.1) is 19.2 Å². The van der Waals surface area contributed by atoms with Crippen molar-refractivity contribution in [2.45, 2.75) is 26.3 Å². The molecule has 0 saturated carbocycles. The molecule has 0 unspecified atom stereocenters. The number of methoxy groups -OCH3 is 1. The molecule has 0 spiro atoms. The van der Waals surface area contributed by atoms with E-state index in [4.69, 9.17) is 4.74 Å². The molecule has 5 nitrogen and oxygen atoms in total. The van der Waals surface area contributed by atoms with Crippen LogP contribution in [0.2, 0.25) is 0 Å². The second-order valence-electron chi connectivity index (χ2n) is 6.08. The second kappa shape index (κ2) is 7.80. The van der Waals surface area contributed by atoms with Gasteiger partial charge in [-0.25, -0.2) is 4.79 Å². The Labute approximate surface area is 151 Å². The first-order chi connectivity index (χ1) is 12.1. The van der Waals surface area contributed by atoms with E-state index in [1.165, 1.54) is 29.6 Å². The number of amides is 1. The second-order valence-corrected chi connectivity index (χ2v) is 7.21. The number of rotatable bonds is 5. The van der Waals surface area contributed by atoms with Crippen LogP contribution in [0.25, 0.3) is 0 Å². The van der Waals surface area contributed by atoms with Crippen LogP contribution in [0, 0.1) is 0 Å². The standard InChI is InChI=1S/C19H22N2O3S/c1-3-15-10-16(19(23)24-2)18(25-15)20-17(22)12-21-9-8-13-6-4-5-7-14(13)11-21/h4-7,10H,3,8-9,11-12H2,1-2H3,(H,20,22). The summed E-state index contributed by atoms with van der Waals surface area (Å²) in [7, 11) is 1.35. The van der Waals surface area contributed by atoms with Crippen molar-refractivity contribution in [2.24, 2.45) is 0 Å². The van der Waals surface area contributed by atoms with Crippen molar-refractivity contribution in [2.75, 3.05) is 25.5 Å². The molecule has 0 saturated heterocycles. The third kappa shape index (κ3) is 4.08. The monoisotopic (exact) mass is 358 g/mol. The number of nitrogens with zero attached hydrogens (tertiary/aromatic N) is 1. The first-order valence-corrected chi connectivity index (χ1v) is 9.22. The summed E-state index contributed by atoms with van der Waals surface area (Å²) in [6, 6.07) is 10.1. The van der Waals surface area contributed by atoms with E-state index in [2.05, 4.69) is 28.4 Å². The van der Waals surface area contributed by atoms with Gasteiger partial charge in [-0.05, 0) is 30.0 Å². The van der Waals surface area contributed by atoms with Crippen molar-refractivity contribution in [3.05, 3.63) is 51.9 Å². The van der Waals surface area contributed by atoms with Crippen molar-refractivity contribution in [1.29, 1.82) is 0 Å². The Hall–Kier alpha value is -2.18. The van der Waals surface area contributed by atoms with Crippen LogP contribution in [0.1, 0.15) is 33.3 Å². The molecule has 1 aromatic carbocycles. The molecule has 2 aromatic rings. The molecule has 3 rings (SSSR count). The van der Waals surface area contributed by atoms with Gasteiger partial charge in [-0.2, -0.15) is 0 Å². The lowest BCUT2D eigenvalue weighted by Gasteiger charge is -2.28. The highest BCUT2D eigenvalue weighted by Gasteiger charge is 2.21. The Morgan fingerprint density at radius 1 is 1.28 bits per heavy atom. The summed E-state index contributed by atoms with van der Waals surface area (Å²) in [5.74, 6) is -0.521. The largest absolute Gasteiger partial charge is 0.465 e. The SMILES string of the molecule is CCc1cc(C(=O)OC)c(NC(=O)CN2CCc3ccccc3C2)s1. The van der Waals surface area contributed by atoms with Crippen molar-refractivity contribution in [3.8, 4) is 0 Å². The molecule has 1 aromatic heterocycles. The number of thiophene rings is 1. The predicted molar refractivity (Wildman–Crippen MR) is 99.1 cm³/mol. The zero-order valence-electron chi connectivity index (χ0n) is 14.5. The highest BCUT2D eigenvalue weighted by molar-refractivity contribution is 7.16. The van der Waals surface area contributed by atoms with E-state index in [0.717, 1.165) is 30.8 Å². The van der Waals surface area contributed by atoms with Crippen LogP contribution in [0.5, 0.6) is 0 Å². The van der Waals surface area contributed by atoms with Gasteiger partial charge in [0.25, 0.3) is 0 Å². The fraction of sp³-hybridized carbons (Fsp3) is 0.368. The molecular formula is C19H22N2O3S.